The Labute approximate surface area is 137 Å². The van der Waals surface area contributed by atoms with Gasteiger partial charge in [-0.2, -0.15) is 0 Å². The van der Waals surface area contributed by atoms with Crippen LogP contribution >= 0.6 is 11.6 Å². The van der Waals surface area contributed by atoms with Crippen molar-refractivity contribution < 1.29 is 0 Å². The molecule has 0 atom stereocenters. The fourth-order valence-electron chi connectivity index (χ4n) is 3.27. The van der Waals surface area contributed by atoms with Gasteiger partial charge in [0.15, 0.2) is 0 Å². The van der Waals surface area contributed by atoms with Crippen LogP contribution in [0.25, 0.3) is 0 Å². The Morgan fingerprint density at radius 1 is 1.18 bits per heavy atom. The minimum Gasteiger partial charge on any atom is -0.335 e. The lowest BCUT2D eigenvalue weighted by Crippen LogP contribution is -2.34. The molecule has 0 spiro atoms. The lowest BCUT2D eigenvalue weighted by atomic mass is 9.96. The minimum atomic E-state index is 0.779. The molecule has 1 aromatic carbocycles. The van der Waals surface area contributed by atoms with Crippen molar-refractivity contribution in [3.63, 3.8) is 0 Å². The van der Waals surface area contributed by atoms with E-state index in [1.165, 1.54) is 37.3 Å². The smallest absolute Gasteiger partial charge is 0.108 e. The molecular formula is C18H24ClN3. The van der Waals surface area contributed by atoms with Crippen molar-refractivity contribution in [2.75, 3.05) is 13.1 Å². The van der Waals surface area contributed by atoms with Crippen LogP contribution in [0.15, 0.2) is 36.7 Å². The fraction of sp³-hybridized carbons (Fsp3) is 0.500. The standard InChI is InChI=1S/C18H24ClN3/c1-2-18-20-9-12-22(18)14-16-7-10-21(11-8-16)13-15-3-5-17(19)6-4-15/h3-6,9,12,16H,2,7-8,10-11,13-14H2,1H3. The summed E-state index contributed by atoms with van der Waals surface area (Å²) in [6.07, 6.45) is 7.61. The number of hydrogen-bond acceptors (Lipinski definition) is 2. The van der Waals surface area contributed by atoms with Crippen LogP contribution in [0.3, 0.4) is 0 Å². The Balaban J connectivity index is 1.49. The minimum absolute atomic E-state index is 0.779. The molecule has 0 bridgehead atoms. The highest BCUT2D eigenvalue weighted by molar-refractivity contribution is 6.30. The Hall–Kier alpha value is -1.32. The Morgan fingerprint density at radius 3 is 2.59 bits per heavy atom. The highest BCUT2D eigenvalue weighted by atomic mass is 35.5. The lowest BCUT2D eigenvalue weighted by Gasteiger charge is -2.32. The number of likely N-dealkylation sites (tertiary alicyclic amines) is 1. The molecule has 0 N–H and O–H groups in total. The molecule has 1 aliphatic heterocycles. The number of halogens is 1. The largest absolute Gasteiger partial charge is 0.335 e. The predicted octanol–water partition coefficient (Wildman–Crippen LogP) is 4.01. The topological polar surface area (TPSA) is 21.1 Å². The van der Waals surface area contributed by atoms with Gasteiger partial charge < -0.3 is 4.57 Å². The molecular weight excluding hydrogens is 294 g/mol. The first-order valence-corrected chi connectivity index (χ1v) is 8.59. The van der Waals surface area contributed by atoms with Crippen molar-refractivity contribution >= 4 is 11.6 Å². The van der Waals surface area contributed by atoms with Crippen molar-refractivity contribution in [1.82, 2.24) is 14.5 Å². The molecule has 0 amide bonds. The summed E-state index contributed by atoms with van der Waals surface area (Å²) in [5.74, 6) is 1.99. The molecule has 1 aliphatic rings. The average Bonchev–Trinajstić information content (AvgIpc) is 2.99. The zero-order chi connectivity index (χ0) is 15.4. The molecule has 0 saturated carbocycles. The maximum absolute atomic E-state index is 5.94. The maximum Gasteiger partial charge on any atom is 0.108 e. The Bertz CT molecular complexity index is 583. The molecule has 22 heavy (non-hydrogen) atoms. The van der Waals surface area contributed by atoms with Crippen molar-refractivity contribution in [3.8, 4) is 0 Å². The SMILES string of the molecule is CCc1nccn1CC1CCN(Cc2ccc(Cl)cc2)CC1. The molecule has 2 aromatic rings. The molecule has 1 fully saturated rings. The number of rotatable bonds is 5. The number of nitrogens with zero attached hydrogens (tertiary/aromatic N) is 3. The van der Waals surface area contributed by atoms with Gasteiger partial charge in [0.2, 0.25) is 0 Å². The molecule has 1 aromatic heterocycles. The number of benzene rings is 1. The van der Waals surface area contributed by atoms with Crippen LogP contribution in [0.4, 0.5) is 0 Å². The summed E-state index contributed by atoms with van der Waals surface area (Å²) in [6, 6.07) is 8.23. The predicted molar refractivity (Wildman–Crippen MR) is 91.1 cm³/mol. The number of aromatic nitrogens is 2. The van der Waals surface area contributed by atoms with E-state index < -0.39 is 0 Å². The lowest BCUT2D eigenvalue weighted by molar-refractivity contribution is 0.166. The van der Waals surface area contributed by atoms with Crippen LogP contribution in [0, 0.1) is 5.92 Å². The van der Waals surface area contributed by atoms with Gasteiger partial charge in [0, 0.05) is 36.9 Å². The highest BCUT2D eigenvalue weighted by Gasteiger charge is 2.20. The van der Waals surface area contributed by atoms with Gasteiger partial charge in [-0.3, -0.25) is 4.90 Å². The summed E-state index contributed by atoms with van der Waals surface area (Å²) in [7, 11) is 0. The van der Waals surface area contributed by atoms with E-state index in [1.54, 1.807) is 0 Å². The third kappa shape index (κ3) is 3.90. The van der Waals surface area contributed by atoms with Gasteiger partial charge in [-0.05, 0) is 49.5 Å². The van der Waals surface area contributed by atoms with E-state index in [2.05, 4.69) is 39.7 Å². The number of imidazole rings is 1. The van der Waals surface area contributed by atoms with Gasteiger partial charge in [0.25, 0.3) is 0 Å². The van der Waals surface area contributed by atoms with E-state index in [4.69, 9.17) is 11.6 Å². The van der Waals surface area contributed by atoms with Gasteiger partial charge in [-0.25, -0.2) is 4.98 Å². The molecule has 0 radical (unpaired) electrons. The van der Waals surface area contributed by atoms with E-state index in [0.29, 0.717) is 0 Å². The monoisotopic (exact) mass is 317 g/mol. The van der Waals surface area contributed by atoms with E-state index in [-0.39, 0.29) is 0 Å². The van der Waals surface area contributed by atoms with Gasteiger partial charge >= 0.3 is 0 Å². The van der Waals surface area contributed by atoms with Crippen LogP contribution in [-0.2, 0) is 19.5 Å². The summed E-state index contributed by atoms with van der Waals surface area (Å²) < 4.78 is 2.33. The zero-order valence-corrected chi connectivity index (χ0v) is 14.0. The third-order valence-electron chi connectivity index (χ3n) is 4.60. The van der Waals surface area contributed by atoms with Crippen LogP contribution in [0.1, 0.15) is 31.2 Å². The molecule has 3 rings (SSSR count). The van der Waals surface area contributed by atoms with E-state index >= 15 is 0 Å². The third-order valence-corrected chi connectivity index (χ3v) is 4.85. The van der Waals surface area contributed by atoms with Gasteiger partial charge in [-0.1, -0.05) is 30.7 Å². The molecule has 1 saturated heterocycles. The van der Waals surface area contributed by atoms with Crippen LogP contribution in [0.2, 0.25) is 5.02 Å². The fourth-order valence-corrected chi connectivity index (χ4v) is 3.40. The number of aryl methyl sites for hydroxylation is 1. The molecule has 118 valence electrons. The van der Waals surface area contributed by atoms with Crippen LogP contribution in [-0.4, -0.2) is 27.5 Å². The summed E-state index contributed by atoms with van der Waals surface area (Å²) >= 11 is 5.94. The summed E-state index contributed by atoms with van der Waals surface area (Å²) in [5, 5.41) is 0.814. The molecule has 0 aliphatic carbocycles. The Morgan fingerprint density at radius 2 is 1.91 bits per heavy atom. The van der Waals surface area contributed by atoms with E-state index in [1.807, 2.05) is 18.3 Å². The van der Waals surface area contributed by atoms with Crippen molar-refractivity contribution in [2.24, 2.45) is 5.92 Å². The van der Waals surface area contributed by atoms with Gasteiger partial charge in [0.05, 0.1) is 0 Å². The van der Waals surface area contributed by atoms with Crippen molar-refractivity contribution in [2.45, 2.75) is 39.3 Å². The van der Waals surface area contributed by atoms with Crippen molar-refractivity contribution in [3.05, 3.63) is 53.1 Å². The van der Waals surface area contributed by atoms with E-state index in [9.17, 15) is 0 Å². The second kappa shape index (κ2) is 7.30. The first-order valence-electron chi connectivity index (χ1n) is 8.21. The molecule has 3 nitrogen and oxygen atoms in total. The van der Waals surface area contributed by atoms with Crippen molar-refractivity contribution in [1.29, 1.82) is 0 Å². The Kier molecular flexibility index (Phi) is 5.16. The number of piperidine rings is 1. The highest BCUT2D eigenvalue weighted by Crippen LogP contribution is 2.21. The molecule has 4 heteroatoms. The average molecular weight is 318 g/mol. The quantitative estimate of drug-likeness (QED) is 0.830. The second-order valence-corrected chi connectivity index (χ2v) is 6.63. The first-order chi connectivity index (χ1) is 10.7. The van der Waals surface area contributed by atoms with Crippen LogP contribution in [0.5, 0.6) is 0 Å². The zero-order valence-electron chi connectivity index (χ0n) is 13.2. The van der Waals surface area contributed by atoms with Crippen LogP contribution < -0.4 is 0 Å². The first kappa shape index (κ1) is 15.6. The molecule has 0 unspecified atom stereocenters. The van der Waals surface area contributed by atoms with Gasteiger partial charge in [-0.15, -0.1) is 0 Å². The summed E-state index contributed by atoms with van der Waals surface area (Å²) in [4.78, 5) is 6.97. The normalized spacial score (nSPS) is 17.0. The van der Waals surface area contributed by atoms with Gasteiger partial charge in [0.1, 0.15) is 5.82 Å². The maximum atomic E-state index is 5.94. The summed E-state index contributed by atoms with van der Waals surface area (Å²) in [6.45, 7) is 6.70. The number of hydrogen-bond donors (Lipinski definition) is 0. The summed E-state index contributed by atoms with van der Waals surface area (Å²) in [5.41, 5.74) is 1.35. The van der Waals surface area contributed by atoms with E-state index in [0.717, 1.165) is 30.5 Å². The second-order valence-electron chi connectivity index (χ2n) is 6.20. The molecule has 2 heterocycles.